The van der Waals surface area contributed by atoms with Crippen LogP contribution in [0.4, 0.5) is 5.69 Å². The fourth-order valence-corrected chi connectivity index (χ4v) is 2.23. The number of fused-ring (bicyclic) bond motifs is 1. The van der Waals surface area contributed by atoms with Gasteiger partial charge in [-0.15, -0.1) is 0 Å². The van der Waals surface area contributed by atoms with Gasteiger partial charge in [0.15, 0.2) is 5.65 Å². The topological polar surface area (TPSA) is 106 Å². The molecule has 0 aliphatic rings. The van der Waals surface area contributed by atoms with Crippen molar-refractivity contribution in [3.8, 4) is 0 Å². The molecule has 3 rings (SSSR count). The molecule has 3 aromatic rings. The standard InChI is InChI=1S/C16H14N4O4/c1-10(21)19-13-9-17-14-12(5-2-6-20(14)16(13)23)15(22)18-8-11-4-3-7-24-11/h2-7,9H,8H2,1H3,(H,18,22)(H,19,21). The normalized spacial score (nSPS) is 10.5. The highest BCUT2D eigenvalue weighted by Crippen LogP contribution is 2.09. The van der Waals surface area contributed by atoms with Crippen molar-refractivity contribution in [2.24, 2.45) is 0 Å². The number of carbonyl (C=O) groups is 2. The molecule has 0 saturated heterocycles. The Kier molecular flexibility index (Phi) is 4.11. The summed E-state index contributed by atoms with van der Waals surface area (Å²) >= 11 is 0. The van der Waals surface area contributed by atoms with Gasteiger partial charge >= 0.3 is 0 Å². The number of furan rings is 1. The first kappa shape index (κ1) is 15.5. The van der Waals surface area contributed by atoms with E-state index in [4.69, 9.17) is 4.42 Å². The highest BCUT2D eigenvalue weighted by Gasteiger charge is 2.14. The molecule has 2 N–H and O–H groups in total. The summed E-state index contributed by atoms with van der Waals surface area (Å²) in [6.07, 6.45) is 4.24. The number of rotatable bonds is 4. The van der Waals surface area contributed by atoms with Crippen molar-refractivity contribution in [3.63, 3.8) is 0 Å². The Morgan fingerprint density at radius 2 is 2.12 bits per heavy atom. The Hall–Kier alpha value is -3.42. The van der Waals surface area contributed by atoms with Gasteiger partial charge in [0.1, 0.15) is 11.4 Å². The van der Waals surface area contributed by atoms with Gasteiger partial charge in [-0.3, -0.25) is 18.8 Å². The lowest BCUT2D eigenvalue weighted by Gasteiger charge is -2.09. The summed E-state index contributed by atoms with van der Waals surface area (Å²) in [5.74, 6) is -0.147. The van der Waals surface area contributed by atoms with Crippen molar-refractivity contribution in [1.82, 2.24) is 14.7 Å². The highest BCUT2D eigenvalue weighted by atomic mass is 16.3. The zero-order chi connectivity index (χ0) is 17.1. The third-order valence-corrected chi connectivity index (χ3v) is 3.29. The summed E-state index contributed by atoms with van der Waals surface area (Å²) in [6.45, 7) is 1.52. The summed E-state index contributed by atoms with van der Waals surface area (Å²) in [4.78, 5) is 39.9. The largest absolute Gasteiger partial charge is 0.467 e. The molecule has 0 radical (unpaired) electrons. The van der Waals surface area contributed by atoms with Gasteiger partial charge in [-0.1, -0.05) is 0 Å². The average molecular weight is 326 g/mol. The number of hydrogen-bond acceptors (Lipinski definition) is 5. The van der Waals surface area contributed by atoms with Gasteiger partial charge in [0.05, 0.1) is 24.6 Å². The van der Waals surface area contributed by atoms with E-state index in [9.17, 15) is 14.4 Å². The van der Waals surface area contributed by atoms with Crippen LogP contribution in [-0.4, -0.2) is 21.2 Å². The lowest BCUT2D eigenvalue weighted by Crippen LogP contribution is -2.26. The quantitative estimate of drug-likeness (QED) is 0.749. The number of hydrogen-bond donors (Lipinski definition) is 2. The van der Waals surface area contributed by atoms with Gasteiger partial charge in [0.2, 0.25) is 5.91 Å². The number of anilines is 1. The zero-order valence-corrected chi connectivity index (χ0v) is 12.8. The van der Waals surface area contributed by atoms with Crippen LogP contribution in [0.3, 0.4) is 0 Å². The van der Waals surface area contributed by atoms with Crippen molar-refractivity contribution in [2.75, 3.05) is 5.32 Å². The van der Waals surface area contributed by atoms with Crippen LogP contribution in [0.25, 0.3) is 5.65 Å². The molecule has 24 heavy (non-hydrogen) atoms. The van der Waals surface area contributed by atoms with E-state index in [2.05, 4.69) is 15.6 Å². The third kappa shape index (κ3) is 3.02. The van der Waals surface area contributed by atoms with Crippen LogP contribution in [0.2, 0.25) is 0 Å². The van der Waals surface area contributed by atoms with Crippen molar-refractivity contribution >= 4 is 23.1 Å². The van der Waals surface area contributed by atoms with Crippen LogP contribution in [0, 0.1) is 0 Å². The number of nitrogens with one attached hydrogen (secondary N) is 2. The average Bonchev–Trinajstić information content (AvgIpc) is 3.08. The van der Waals surface area contributed by atoms with Gasteiger partial charge < -0.3 is 15.1 Å². The monoisotopic (exact) mass is 326 g/mol. The van der Waals surface area contributed by atoms with E-state index in [0.29, 0.717) is 5.76 Å². The predicted octanol–water partition coefficient (Wildman–Crippen LogP) is 1.18. The second-order valence-electron chi connectivity index (χ2n) is 5.04. The first-order valence-corrected chi connectivity index (χ1v) is 7.15. The van der Waals surface area contributed by atoms with E-state index >= 15 is 0 Å². The Labute approximate surface area is 136 Å². The van der Waals surface area contributed by atoms with Crippen LogP contribution in [0.15, 0.2) is 52.1 Å². The minimum atomic E-state index is -0.462. The Morgan fingerprint density at radius 3 is 2.83 bits per heavy atom. The van der Waals surface area contributed by atoms with Gasteiger partial charge in [0.25, 0.3) is 11.5 Å². The Bertz CT molecular complexity index is 960. The van der Waals surface area contributed by atoms with Crippen LogP contribution >= 0.6 is 0 Å². The highest BCUT2D eigenvalue weighted by molar-refractivity contribution is 5.99. The van der Waals surface area contributed by atoms with Gasteiger partial charge in [-0.05, 0) is 24.3 Å². The molecule has 0 aliphatic heterocycles. The maximum Gasteiger partial charge on any atom is 0.281 e. The van der Waals surface area contributed by atoms with E-state index in [1.54, 1.807) is 24.3 Å². The van der Waals surface area contributed by atoms with Crippen molar-refractivity contribution < 1.29 is 14.0 Å². The van der Waals surface area contributed by atoms with Gasteiger partial charge in [-0.2, -0.15) is 0 Å². The first-order chi connectivity index (χ1) is 11.6. The van der Waals surface area contributed by atoms with Gasteiger partial charge in [0, 0.05) is 13.1 Å². The van der Waals surface area contributed by atoms with E-state index < -0.39 is 5.56 Å². The molecule has 0 saturated carbocycles. The SMILES string of the molecule is CC(=O)Nc1cnc2c(C(=O)NCc3ccco3)cccn2c1=O. The van der Waals surface area contributed by atoms with Crippen molar-refractivity contribution in [2.45, 2.75) is 13.5 Å². The Morgan fingerprint density at radius 1 is 1.29 bits per heavy atom. The van der Waals surface area contributed by atoms with Crippen molar-refractivity contribution in [3.05, 3.63) is 64.6 Å². The van der Waals surface area contributed by atoms with Crippen LogP contribution in [0.1, 0.15) is 23.0 Å². The number of pyridine rings is 1. The summed E-state index contributed by atoms with van der Waals surface area (Å²) in [7, 11) is 0. The molecule has 3 heterocycles. The number of nitrogens with zero attached hydrogens (tertiary/aromatic N) is 2. The summed E-state index contributed by atoms with van der Waals surface area (Å²) in [5, 5.41) is 5.11. The van der Waals surface area contributed by atoms with Crippen LogP contribution < -0.4 is 16.2 Å². The number of aromatic nitrogens is 2. The maximum atomic E-state index is 12.3. The van der Waals surface area contributed by atoms with Crippen molar-refractivity contribution in [1.29, 1.82) is 0 Å². The summed E-state index contributed by atoms with van der Waals surface area (Å²) < 4.78 is 6.37. The molecule has 0 spiro atoms. The molecule has 8 heteroatoms. The number of amides is 2. The molecule has 122 valence electrons. The van der Waals surface area contributed by atoms with E-state index in [-0.39, 0.29) is 35.3 Å². The molecule has 8 nitrogen and oxygen atoms in total. The molecular formula is C16H14N4O4. The molecular weight excluding hydrogens is 312 g/mol. The molecule has 3 aromatic heterocycles. The molecule has 0 fully saturated rings. The van der Waals surface area contributed by atoms with E-state index in [1.807, 2.05) is 0 Å². The molecule has 0 atom stereocenters. The maximum absolute atomic E-state index is 12.3. The molecule has 0 aliphatic carbocycles. The lowest BCUT2D eigenvalue weighted by atomic mass is 10.2. The predicted molar refractivity (Wildman–Crippen MR) is 85.6 cm³/mol. The second kappa shape index (κ2) is 6.37. The van der Waals surface area contributed by atoms with E-state index in [1.165, 1.54) is 30.0 Å². The molecule has 0 aromatic carbocycles. The van der Waals surface area contributed by atoms with Crippen LogP contribution in [-0.2, 0) is 11.3 Å². The van der Waals surface area contributed by atoms with E-state index in [0.717, 1.165) is 0 Å². The lowest BCUT2D eigenvalue weighted by molar-refractivity contribution is -0.114. The summed E-state index contributed by atoms with van der Waals surface area (Å²) in [6, 6.07) is 6.60. The van der Waals surface area contributed by atoms with Gasteiger partial charge in [-0.25, -0.2) is 4.98 Å². The third-order valence-electron chi connectivity index (χ3n) is 3.29. The minimum absolute atomic E-state index is 0.0492. The molecule has 0 bridgehead atoms. The fraction of sp³-hybridized carbons (Fsp3) is 0.125. The summed E-state index contributed by atoms with van der Waals surface area (Å²) in [5.41, 5.74) is 0.0353. The molecule has 2 amide bonds. The second-order valence-corrected chi connectivity index (χ2v) is 5.04. The Balaban J connectivity index is 1.94. The van der Waals surface area contributed by atoms with Crippen LogP contribution in [0.5, 0.6) is 0 Å². The smallest absolute Gasteiger partial charge is 0.281 e. The zero-order valence-electron chi connectivity index (χ0n) is 12.8. The molecule has 0 unspecified atom stereocenters. The first-order valence-electron chi connectivity index (χ1n) is 7.15. The fourth-order valence-electron chi connectivity index (χ4n) is 2.23. The number of carbonyl (C=O) groups excluding carboxylic acids is 2. The minimum Gasteiger partial charge on any atom is -0.467 e.